The molecule has 3 aromatic rings. The molecule has 0 bridgehead atoms. The van der Waals surface area contributed by atoms with E-state index in [-0.39, 0.29) is 5.02 Å². The van der Waals surface area contributed by atoms with E-state index in [4.69, 9.17) is 21.4 Å². The van der Waals surface area contributed by atoms with Crippen LogP contribution in [0, 0.1) is 5.82 Å². The van der Waals surface area contributed by atoms with Crippen LogP contribution in [0.2, 0.25) is 5.02 Å². The molecule has 6 nitrogen and oxygen atoms in total. The fraction of sp³-hybridized carbons (Fsp3) is 0.143. The molecule has 1 aliphatic heterocycles. The zero-order valence-corrected chi connectivity index (χ0v) is 13.2. The number of nitrogens with one attached hydrogen (secondary N) is 1. The van der Waals surface area contributed by atoms with Gasteiger partial charge in [-0.1, -0.05) is 22.9 Å². The minimum atomic E-state index is -0.455. The maximum Gasteiger partial charge on any atom is 0.214 e. The first-order valence-electron chi connectivity index (χ1n) is 6.73. The molecule has 0 radical (unpaired) electrons. The molecule has 23 heavy (non-hydrogen) atoms. The van der Waals surface area contributed by atoms with Crippen LogP contribution in [-0.2, 0) is 9.78 Å². The Balaban J connectivity index is 1.62. The van der Waals surface area contributed by atoms with Crippen molar-refractivity contribution in [3.8, 4) is 11.3 Å². The Morgan fingerprint density at radius 2 is 2.35 bits per heavy atom. The van der Waals surface area contributed by atoms with Crippen molar-refractivity contribution in [3.05, 3.63) is 47.1 Å². The third-order valence-corrected chi connectivity index (χ3v) is 4.43. The van der Waals surface area contributed by atoms with Crippen LogP contribution in [0.1, 0.15) is 0 Å². The standard InChI is InChI=1S/C14H10ClFN4O2S/c15-10-5-8(1-2-11(10)16)12-7-18-14-20(12)19-13(23-14)17-6-9-3-4-21-22-9/h1-3,5,7H,4,6H2,(H,17,19). The van der Waals surface area contributed by atoms with Crippen LogP contribution >= 0.6 is 22.9 Å². The summed E-state index contributed by atoms with van der Waals surface area (Å²) in [6.07, 6.45) is 3.53. The predicted molar refractivity (Wildman–Crippen MR) is 84.9 cm³/mol. The molecule has 4 rings (SSSR count). The zero-order chi connectivity index (χ0) is 15.8. The van der Waals surface area contributed by atoms with E-state index in [1.165, 1.54) is 17.4 Å². The van der Waals surface area contributed by atoms with E-state index >= 15 is 0 Å². The molecule has 9 heteroatoms. The second-order valence-electron chi connectivity index (χ2n) is 4.77. The lowest BCUT2D eigenvalue weighted by Gasteiger charge is -2.02. The number of anilines is 1. The summed E-state index contributed by atoms with van der Waals surface area (Å²) < 4.78 is 15.0. The number of hydrogen-bond acceptors (Lipinski definition) is 6. The molecular weight excluding hydrogens is 343 g/mol. The van der Waals surface area contributed by atoms with Gasteiger partial charge in [-0.2, -0.15) is 4.89 Å². The van der Waals surface area contributed by atoms with Crippen LogP contribution < -0.4 is 5.32 Å². The van der Waals surface area contributed by atoms with E-state index in [9.17, 15) is 4.39 Å². The van der Waals surface area contributed by atoms with E-state index < -0.39 is 5.82 Å². The Morgan fingerprint density at radius 1 is 1.43 bits per heavy atom. The molecule has 0 unspecified atom stereocenters. The molecule has 2 aromatic heterocycles. The molecule has 118 valence electrons. The van der Waals surface area contributed by atoms with E-state index in [1.807, 2.05) is 6.08 Å². The third kappa shape index (κ3) is 2.76. The lowest BCUT2D eigenvalue weighted by Crippen LogP contribution is -2.05. The number of rotatable bonds is 4. The monoisotopic (exact) mass is 352 g/mol. The van der Waals surface area contributed by atoms with Gasteiger partial charge in [0.2, 0.25) is 10.1 Å². The fourth-order valence-corrected chi connectivity index (χ4v) is 3.10. The van der Waals surface area contributed by atoms with E-state index in [0.29, 0.717) is 24.0 Å². The number of nitrogens with zero attached hydrogens (tertiary/aromatic N) is 3. The highest BCUT2D eigenvalue weighted by Crippen LogP contribution is 2.28. The van der Waals surface area contributed by atoms with E-state index in [1.54, 1.807) is 22.8 Å². The Bertz CT molecular complexity index is 907. The highest BCUT2D eigenvalue weighted by molar-refractivity contribution is 7.20. The normalized spacial score (nSPS) is 14.1. The molecule has 0 saturated heterocycles. The Morgan fingerprint density at radius 3 is 3.13 bits per heavy atom. The topological polar surface area (TPSA) is 60.7 Å². The van der Waals surface area contributed by atoms with Gasteiger partial charge in [0.1, 0.15) is 12.4 Å². The molecule has 1 aromatic carbocycles. The van der Waals surface area contributed by atoms with Gasteiger partial charge in [-0.05, 0) is 24.3 Å². The third-order valence-electron chi connectivity index (χ3n) is 3.26. The van der Waals surface area contributed by atoms with Crippen molar-refractivity contribution in [3.63, 3.8) is 0 Å². The quantitative estimate of drug-likeness (QED) is 0.728. The highest BCUT2D eigenvalue weighted by Gasteiger charge is 2.14. The SMILES string of the molecule is Fc1ccc(-c2cnc3sc(NCC4=CCOO4)nn23)cc1Cl. The smallest absolute Gasteiger partial charge is 0.214 e. The Kier molecular flexibility index (Phi) is 3.64. The van der Waals surface area contributed by atoms with Gasteiger partial charge in [0.25, 0.3) is 0 Å². The number of benzene rings is 1. The summed E-state index contributed by atoms with van der Waals surface area (Å²) >= 11 is 7.25. The van der Waals surface area contributed by atoms with E-state index in [2.05, 4.69) is 15.4 Å². The fourth-order valence-electron chi connectivity index (χ4n) is 2.15. The molecule has 0 aliphatic carbocycles. The van der Waals surface area contributed by atoms with Crippen molar-refractivity contribution in [1.29, 1.82) is 0 Å². The van der Waals surface area contributed by atoms with Crippen molar-refractivity contribution in [2.75, 3.05) is 18.5 Å². The number of imidazole rings is 1. The van der Waals surface area contributed by atoms with Gasteiger partial charge in [0, 0.05) is 5.56 Å². The second-order valence-corrected chi connectivity index (χ2v) is 6.13. The Labute approximate surface area is 139 Å². The number of hydrogen-bond donors (Lipinski definition) is 1. The maximum atomic E-state index is 13.3. The summed E-state index contributed by atoms with van der Waals surface area (Å²) in [5.74, 6) is 0.257. The van der Waals surface area contributed by atoms with Crippen molar-refractivity contribution in [2.24, 2.45) is 0 Å². The molecule has 0 saturated carbocycles. The second kappa shape index (κ2) is 5.80. The summed E-state index contributed by atoms with van der Waals surface area (Å²) in [5.41, 5.74) is 1.49. The predicted octanol–water partition coefficient (Wildman–Crippen LogP) is 3.51. The van der Waals surface area contributed by atoms with Gasteiger partial charge >= 0.3 is 0 Å². The minimum absolute atomic E-state index is 0.0661. The molecule has 0 atom stereocenters. The van der Waals surface area contributed by atoms with Gasteiger partial charge in [0.05, 0.1) is 23.5 Å². The first kappa shape index (κ1) is 14.4. The number of aromatic nitrogens is 3. The van der Waals surface area contributed by atoms with Crippen LogP contribution in [0.25, 0.3) is 16.2 Å². The zero-order valence-electron chi connectivity index (χ0n) is 11.6. The summed E-state index contributed by atoms with van der Waals surface area (Å²) in [6, 6.07) is 4.53. The number of halogens is 2. The average Bonchev–Trinajstić information content (AvgIpc) is 3.24. The average molecular weight is 353 g/mol. The highest BCUT2D eigenvalue weighted by atomic mass is 35.5. The molecule has 0 fully saturated rings. The van der Waals surface area contributed by atoms with Crippen molar-refractivity contribution < 1.29 is 14.2 Å². The molecule has 1 N–H and O–H groups in total. The van der Waals surface area contributed by atoms with Gasteiger partial charge in [0.15, 0.2) is 5.76 Å². The van der Waals surface area contributed by atoms with Crippen LogP contribution in [-0.4, -0.2) is 27.7 Å². The number of fused-ring (bicyclic) bond motifs is 1. The summed E-state index contributed by atoms with van der Waals surface area (Å²) in [7, 11) is 0. The first-order valence-corrected chi connectivity index (χ1v) is 7.92. The van der Waals surface area contributed by atoms with Gasteiger partial charge < -0.3 is 10.2 Å². The van der Waals surface area contributed by atoms with Crippen LogP contribution in [0.5, 0.6) is 0 Å². The molecule has 0 spiro atoms. The Hall–Kier alpha value is -2.16. The summed E-state index contributed by atoms with van der Waals surface area (Å²) in [4.78, 5) is 14.8. The first-order chi connectivity index (χ1) is 11.2. The van der Waals surface area contributed by atoms with Gasteiger partial charge in [-0.3, -0.25) is 0 Å². The van der Waals surface area contributed by atoms with Crippen LogP contribution in [0.15, 0.2) is 36.2 Å². The lowest BCUT2D eigenvalue weighted by atomic mass is 10.2. The van der Waals surface area contributed by atoms with Crippen molar-refractivity contribution in [2.45, 2.75) is 0 Å². The largest absolute Gasteiger partial charge is 0.353 e. The van der Waals surface area contributed by atoms with Crippen LogP contribution in [0.4, 0.5) is 9.52 Å². The molecule has 0 amide bonds. The summed E-state index contributed by atoms with van der Waals surface area (Å²) in [6.45, 7) is 0.933. The molecular formula is C14H10ClFN4O2S. The van der Waals surface area contributed by atoms with Crippen LogP contribution in [0.3, 0.4) is 0 Å². The summed E-state index contributed by atoms with van der Waals surface area (Å²) in [5, 5.41) is 8.37. The van der Waals surface area contributed by atoms with E-state index in [0.717, 1.165) is 16.2 Å². The van der Waals surface area contributed by atoms with Crippen molar-refractivity contribution in [1.82, 2.24) is 14.6 Å². The molecule has 1 aliphatic rings. The minimum Gasteiger partial charge on any atom is -0.353 e. The van der Waals surface area contributed by atoms with Gasteiger partial charge in [-0.25, -0.2) is 13.9 Å². The lowest BCUT2D eigenvalue weighted by molar-refractivity contribution is -0.233. The maximum absolute atomic E-state index is 13.3. The molecule has 3 heterocycles. The van der Waals surface area contributed by atoms with Crippen molar-refractivity contribution >= 4 is 33.0 Å². The van der Waals surface area contributed by atoms with Gasteiger partial charge in [-0.15, -0.1) is 5.10 Å².